The van der Waals surface area contributed by atoms with Gasteiger partial charge < -0.3 is 13.6 Å². The number of rotatable bonds is 10. The summed E-state index contributed by atoms with van der Waals surface area (Å²) >= 11 is 0. The summed E-state index contributed by atoms with van der Waals surface area (Å²) in [5.74, 6) is 0.576. The van der Waals surface area contributed by atoms with E-state index in [4.69, 9.17) is 14.4 Å². The normalized spacial score (nSPS) is 12.4. The first-order valence-electron chi connectivity index (χ1n) is 23.4. The lowest BCUT2D eigenvalue weighted by Crippen LogP contribution is -2.04. The van der Waals surface area contributed by atoms with Crippen molar-refractivity contribution in [2.24, 2.45) is 0 Å². The molecule has 12 rings (SSSR count). The van der Waals surface area contributed by atoms with Crippen molar-refractivity contribution < 1.29 is 4.42 Å². The quantitative estimate of drug-likeness (QED) is 0.129. The first-order valence-corrected chi connectivity index (χ1v) is 23.4. The summed E-state index contributed by atoms with van der Waals surface area (Å²) < 4.78 is 12.1. The summed E-state index contributed by atoms with van der Waals surface area (Å²) in [7, 11) is 0. The second kappa shape index (κ2) is 17.0. The Balaban J connectivity index is 1.18. The molecule has 0 radical (unpaired) electrons. The summed E-state index contributed by atoms with van der Waals surface area (Å²) in [4.78, 5) is 10.4. The highest BCUT2D eigenvalue weighted by Gasteiger charge is 2.26. The van der Waals surface area contributed by atoms with Gasteiger partial charge in [0.05, 0.1) is 49.9 Å². The molecule has 0 aliphatic carbocycles. The molecule has 0 spiro atoms. The van der Waals surface area contributed by atoms with Crippen LogP contribution in [0.1, 0.15) is 25.2 Å². The van der Waals surface area contributed by atoms with Gasteiger partial charge in [-0.25, -0.2) is 9.97 Å². The van der Waals surface area contributed by atoms with Gasteiger partial charge >= 0.3 is 0 Å². The van der Waals surface area contributed by atoms with E-state index in [-0.39, 0.29) is 0 Å². The van der Waals surface area contributed by atoms with E-state index in [2.05, 4.69) is 218 Å². The van der Waals surface area contributed by atoms with Crippen LogP contribution in [0.2, 0.25) is 0 Å². The number of fused-ring (bicyclic) bond motifs is 11. The van der Waals surface area contributed by atoms with E-state index in [0.717, 1.165) is 127 Å². The molecular weight excluding hydrogens is 841 g/mol. The maximum absolute atomic E-state index is 7.35. The van der Waals surface area contributed by atoms with E-state index in [0.29, 0.717) is 5.82 Å². The minimum absolute atomic E-state index is 0.576. The smallest absolute Gasteiger partial charge is 0.160 e. The molecule has 5 nitrogen and oxygen atoms in total. The minimum Gasteiger partial charge on any atom is -0.455 e. The number of para-hydroxylation sites is 3. The third-order valence-corrected chi connectivity index (χ3v) is 13.3. The molecule has 0 saturated carbocycles. The predicted molar refractivity (Wildman–Crippen MR) is 291 cm³/mol. The van der Waals surface area contributed by atoms with Gasteiger partial charge in [-0.3, -0.25) is 0 Å². The Morgan fingerprint density at radius 3 is 1.65 bits per heavy atom. The lowest BCUT2D eigenvalue weighted by atomic mass is 9.91. The van der Waals surface area contributed by atoms with Gasteiger partial charge in [0, 0.05) is 55.1 Å². The van der Waals surface area contributed by atoms with Crippen LogP contribution in [0.3, 0.4) is 0 Å². The van der Waals surface area contributed by atoms with Crippen molar-refractivity contribution in [3.8, 4) is 45.0 Å². The number of hydrogen-bond acceptors (Lipinski definition) is 3. The molecule has 0 N–H and O–H groups in total. The highest BCUT2D eigenvalue weighted by atomic mass is 16.3. The van der Waals surface area contributed by atoms with Crippen LogP contribution in [0.5, 0.6) is 0 Å². The van der Waals surface area contributed by atoms with E-state index in [1.165, 1.54) is 0 Å². The Morgan fingerprint density at radius 1 is 0.507 bits per heavy atom. The second-order valence-corrected chi connectivity index (χ2v) is 17.2. The number of aromatic nitrogens is 4. The van der Waals surface area contributed by atoms with E-state index in [9.17, 15) is 0 Å². The molecule has 5 heteroatoms. The van der Waals surface area contributed by atoms with Gasteiger partial charge in [0.25, 0.3) is 0 Å². The Labute approximate surface area is 400 Å². The van der Waals surface area contributed by atoms with Crippen LogP contribution in [0.15, 0.2) is 236 Å². The van der Waals surface area contributed by atoms with Crippen molar-refractivity contribution in [3.63, 3.8) is 0 Å². The van der Waals surface area contributed by atoms with Crippen LogP contribution >= 0.6 is 0 Å². The Bertz CT molecular complexity index is 4110. The molecule has 4 heterocycles. The van der Waals surface area contributed by atoms with Gasteiger partial charge in [0.1, 0.15) is 11.2 Å². The number of hydrogen-bond donors (Lipinski definition) is 0. The highest BCUT2D eigenvalue weighted by molar-refractivity contribution is 6.29. The van der Waals surface area contributed by atoms with E-state index in [1.54, 1.807) is 12.2 Å². The number of allylic oxidation sites excluding steroid dienone is 8. The third kappa shape index (κ3) is 6.70. The lowest BCUT2D eigenvalue weighted by Gasteiger charge is -2.21. The molecule has 328 valence electrons. The molecule has 0 amide bonds. The molecule has 4 aromatic heterocycles. The van der Waals surface area contributed by atoms with Crippen LogP contribution in [-0.4, -0.2) is 19.1 Å². The Hall–Kier alpha value is -9.06. The molecule has 0 bridgehead atoms. The maximum atomic E-state index is 7.35. The summed E-state index contributed by atoms with van der Waals surface area (Å²) in [6, 6.07) is 64.6. The van der Waals surface area contributed by atoms with Crippen molar-refractivity contribution in [1.82, 2.24) is 19.1 Å². The summed E-state index contributed by atoms with van der Waals surface area (Å²) in [5, 5.41) is 6.62. The standard InChI is InChI=1S/C64H46N4O/c1-5-22-41(7-3)51-38-45(54-40-53(44-26-14-10-15-27-44)65-64(66-54)42(8-4)23-6-2)39-52(43-24-12-9-13-25-43)61(51)68-56-33-21-19-31-50(56)60-58(68)37-35-48-47-34-36-57-59(62(47)69-63(48)60)49-30-18-20-32-55(49)67(57)46-28-16-11-17-29-46/h5-40H,2,4H2,1,3H3/b22-5-,41-7+,42-23+. The van der Waals surface area contributed by atoms with Gasteiger partial charge in [0.15, 0.2) is 5.82 Å². The molecule has 12 aromatic rings. The summed E-state index contributed by atoms with van der Waals surface area (Å²) in [5.41, 5.74) is 16.9. The molecule has 0 aliphatic heterocycles. The fourth-order valence-corrected chi connectivity index (χ4v) is 10.3. The molecule has 0 unspecified atom stereocenters. The zero-order valence-corrected chi connectivity index (χ0v) is 38.4. The fourth-order valence-electron chi connectivity index (χ4n) is 10.3. The molecule has 0 fully saturated rings. The van der Waals surface area contributed by atoms with E-state index in [1.807, 2.05) is 24.3 Å². The topological polar surface area (TPSA) is 48.8 Å². The molecular formula is C64H46N4O. The van der Waals surface area contributed by atoms with Crippen molar-refractivity contribution in [1.29, 1.82) is 0 Å². The van der Waals surface area contributed by atoms with Gasteiger partial charge in [0.2, 0.25) is 0 Å². The summed E-state index contributed by atoms with van der Waals surface area (Å²) in [6.07, 6.45) is 11.9. The number of nitrogens with zero attached hydrogens (tertiary/aromatic N) is 4. The van der Waals surface area contributed by atoms with Gasteiger partial charge in [-0.05, 0) is 91.7 Å². The van der Waals surface area contributed by atoms with Crippen LogP contribution in [0.25, 0.3) is 122 Å². The zero-order valence-electron chi connectivity index (χ0n) is 38.4. The van der Waals surface area contributed by atoms with Crippen molar-refractivity contribution in [2.45, 2.75) is 13.8 Å². The third-order valence-electron chi connectivity index (χ3n) is 13.3. The number of benzene rings is 8. The molecule has 69 heavy (non-hydrogen) atoms. The largest absolute Gasteiger partial charge is 0.455 e. The number of furan rings is 1. The van der Waals surface area contributed by atoms with E-state index >= 15 is 0 Å². The minimum atomic E-state index is 0.576. The van der Waals surface area contributed by atoms with Crippen molar-refractivity contribution >= 4 is 76.7 Å². The molecule has 8 aromatic carbocycles. The van der Waals surface area contributed by atoms with Crippen LogP contribution in [0.4, 0.5) is 0 Å². The first-order chi connectivity index (χ1) is 34.1. The Kier molecular flexibility index (Phi) is 10.2. The molecule has 0 atom stereocenters. The van der Waals surface area contributed by atoms with Crippen molar-refractivity contribution in [2.75, 3.05) is 0 Å². The second-order valence-electron chi connectivity index (χ2n) is 17.2. The zero-order chi connectivity index (χ0) is 46.6. The first kappa shape index (κ1) is 41.4. The van der Waals surface area contributed by atoms with Gasteiger partial charge in [-0.2, -0.15) is 0 Å². The molecule has 0 aliphatic rings. The average molecular weight is 887 g/mol. The lowest BCUT2D eigenvalue weighted by molar-refractivity contribution is 0.677. The highest BCUT2D eigenvalue weighted by Crippen LogP contribution is 2.47. The monoisotopic (exact) mass is 886 g/mol. The van der Waals surface area contributed by atoms with Crippen molar-refractivity contribution in [3.05, 3.63) is 243 Å². The Morgan fingerprint density at radius 2 is 1.06 bits per heavy atom. The SMILES string of the molecule is C=C/C=C(\C=C)c1nc(-c2ccccc2)cc(-c2cc(C(/C=C\C)=C/C)c(-n3c4ccccc4c4c5oc6c(ccc7c6c6ccccc6n7-c6ccccc6)c5ccc43)c(-c3ccccc3)c2)n1. The predicted octanol–water partition coefficient (Wildman–Crippen LogP) is 17.3. The van der Waals surface area contributed by atoms with Crippen LogP contribution in [0, 0.1) is 0 Å². The summed E-state index contributed by atoms with van der Waals surface area (Å²) in [6.45, 7) is 12.3. The molecule has 0 saturated heterocycles. The van der Waals surface area contributed by atoms with Gasteiger partial charge in [-0.15, -0.1) is 0 Å². The van der Waals surface area contributed by atoms with Gasteiger partial charge in [-0.1, -0.05) is 165 Å². The fraction of sp³-hybridized carbons (Fsp3) is 0.0312. The maximum Gasteiger partial charge on any atom is 0.160 e. The van der Waals surface area contributed by atoms with Crippen LogP contribution < -0.4 is 0 Å². The van der Waals surface area contributed by atoms with Crippen LogP contribution in [-0.2, 0) is 0 Å². The average Bonchev–Trinajstić information content (AvgIpc) is 4.07. The van der Waals surface area contributed by atoms with E-state index < -0.39 is 0 Å².